The quantitative estimate of drug-likeness (QED) is 0.347. The molecule has 1 N–H and O–H groups in total. The number of carboxylic acids is 1. The van der Waals surface area contributed by atoms with Crippen LogP contribution in [0.3, 0.4) is 0 Å². The molecule has 0 saturated heterocycles. The van der Waals surface area contributed by atoms with Crippen molar-refractivity contribution in [3.63, 3.8) is 0 Å². The third-order valence-corrected chi connectivity index (χ3v) is 4.65. The van der Waals surface area contributed by atoms with Gasteiger partial charge in [-0.15, -0.1) is 0 Å². The lowest BCUT2D eigenvalue weighted by molar-refractivity contribution is -0.148. The van der Waals surface area contributed by atoms with Crippen LogP contribution in [0.2, 0.25) is 0 Å². The van der Waals surface area contributed by atoms with E-state index in [0.717, 1.165) is 25.7 Å². The molecule has 2 heteroatoms. The normalized spacial score (nSPS) is 14.0. The Balaban J connectivity index is 3.44. The molecule has 0 aliphatic carbocycles. The van der Waals surface area contributed by atoms with E-state index < -0.39 is 11.4 Å². The predicted molar refractivity (Wildman–Crippen MR) is 91.7 cm³/mol. The molecule has 0 aromatic rings. The summed E-state index contributed by atoms with van der Waals surface area (Å²) < 4.78 is 0. The van der Waals surface area contributed by atoms with Crippen molar-refractivity contribution in [1.29, 1.82) is 0 Å². The molecule has 0 aliphatic rings. The van der Waals surface area contributed by atoms with Gasteiger partial charge in [0.15, 0.2) is 0 Å². The number of hydrogen-bond donors (Lipinski definition) is 1. The van der Waals surface area contributed by atoms with E-state index in [2.05, 4.69) is 13.8 Å². The van der Waals surface area contributed by atoms with Gasteiger partial charge in [0, 0.05) is 0 Å². The van der Waals surface area contributed by atoms with E-state index in [1.165, 1.54) is 64.2 Å². The molecule has 0 aromatic heterocycles. The molecular weight excluding hydrogens is 260 g/mol. The fourth-order valence-corrected chi connectivity index (χ4v) is 3.07. The first-order valence-electron chi connectivity index (χ1n) is 9.30. The zero-order valence-electron chi connectivity index (χ0n) is 14.8. The van der Waals surface area contributed by atoms with Gasteiger partial charge in [0.25, 0.3) is 0 Å². The molecule has 0 spiro atoms. The number of hydrogen-bond acceptors (Lipinski definition) is 1. The molecule has 0 heterocycles. The highest BCUT2D eigenvalue weighted by atomic mass is 16.4. The van der Waals surface area contributed by atoms with E-state index in [1.807, 2.05) is 6.92 Å². The summed E-state index contributed by atoms with van der Waals surface area (Å²) >= 11 is 0. The molecule has 0 aliphatic heterocycles. The Morgan fingerprint density at radius 3 is 1.52 bits per heavy atom. The van der Waals surface area contributed by atoms with Crippen LogP contribution in [-0.4, -0.2) is 11.1 Å². The number of carboxylic acid groups (broad SMARTS) is 1. The highest BCUT2D eigenvalue weighted by Crippen LogP contribution is 2.30. The third-order valence-electron chi connectivity index (χ3n) is 4.65. The average Bonchev–Trinajstić information content (AvgIpc) is 2.45. The fraction of sp³-hybridized carbons (Fsp3) is 0.947. The maximum absolute atomic E-state index is 11.3. The van der Waals surface area contributed by atoms with Gasteiger partial charge in [-0.2, -0.15) is 0 Å². The molecule has 0 aromatic carbocycles. The Hall–Kier alpha value is -0.530. The largest absolute Gasteiger partial charge is 0.481 e. The number of carbonyl (C=O) groups is 1. The first-order chi connectivity index (χ1) is 10.1. The van der Waals surface area contributed by atoms with Crippen LogP contribution in [0.25, 0.3) is 0 Å². The zero-order valence-corrected chi connectivity index (χ0v) is 14.8. The first-order valence-corrected chi connectivity index (χ1v) is 9.30. The second kappa shape index (κ2) is 13.2. The topological polar surface area (TPSA) is 37.3 Å². The zero-order chi connectivity index (χ0) is 16.0. The van der Waals surface area contributed by atoms with Crippen LogP contribution in [0.15, 0.2) is 0 Å². The van der Waals surface area contributed by atoms with Gasteiger partial charge in [-0.25, -0.2) is 0 Å². The number of aliphatic carboxylic acids is 1. The van der Waals surface area contributed by atoms with Crippen LogP contribution < -0.4 is 0 Å². The van der Waals surface area contributed by atoms with Crippen molar-refractivity contribution in [3.05, 3.63) is 0 Å². The van der Waals surface area contributed by atoms with E-state index in [9.17, 15) is 9.90 Å². The van der Waals surface area contributed by atoms with E-state index in [0.29, 0.717) is 0 Å². The summed E-state index contributed by atoms with van der Waals surface area (Å²) in [6.45, 7) is 6.24. The lowest BCUT2D eigenvalue weighted by atomic mass is 9.80. The first kappa shape index (κ1) is 20.5. The second-order valence-electron chi connectivity index (χ2n) is 6.90. The minimum Gasteiger partial charge on any atom is -0.481 e. The summed E-state index contributed by atoms with van der Waals surface area (Å²) in [4.78, 5) is 11.3. The van der Waals surface area contributed by atoms with Crippen LogP contribution in [0, 0.1) is 5.41 Å². The Morgan fingerprint density at radius 1 is 0.714 bits per heavy atom. The molecule has 1 atom stereocenters. The lowest BCUT2D eigenvalue weighted by Crippen LogP contribution is -2.27. The molecule has 0 saturated carbocycles. The van der Waals surface area contributed by atoms with Crippen molar-refractivity contribution in [2.75, 3.05) is 0 Å². The summed E-state index contributed by atoms with van der Waals surface area (Å²) in [7, 11) is 0. The highest BCUT2D eigenvalue weighted by molar-refractivity contribution is 5.73. The fourth-order valence-electron chi connectivity index (χ4n) is 3.07. The molecule has 0 bridgehead atoms. The van der Waals surface area contributed by atoms with Crippen molar-refractivity contribution >= 4 is 5.97 Å². The Labute approximate surface area is 132 Å². The Morgan fingerprint density at radius 2 is 1.14 bits per heavy atom. The average molecular weight is 299 g/mol. The van der Waals surface area contributed by atoms with Gasteiger partial charge in [-0.3, -0.25) is 4.79 Å². The molecular formula is C19H38O2. The number of rotatable bonds is 15. The summed E-state index contributed by atoms with van der Waals surface area (Å²) in [6.07, 6.45) is 17.1. The van der Waals surface area contributed by atoms with E-state index in [1.54, 1.807) is 0 Å². The molecule has 126 valence electrons. The van der Waals surface area contributed by atoms with Crippen LogP contribution >= 0.6 is 0 Å². The molecule has 21 heavy (non-hydrogen) atoms. The lowest BCUT2D eigenvalue weighted by Gasteiger charge is -2.24. The second-order valence-corrected chi connectivity index (χ2v) is 6.90. The maximum atomic E-state index is 11.3. The maximum Gasteiger partial charge on any atom is 0.309 e. The van der Waals surface area contributed by atoms with Gasteiger partial charge >= 0.3 is 5.97 Å². The van der Waals surface area contributed by atoms with Crippen molar-refractivity contribution in [2.45, 2.75) is 111 Å². The van der Waals surface area contributed by atoms with Gasteiger partial charge in [-0.05, 0) is 19.8 Å². The number of unbranched alkanes of at least 4 members (excludes halogenated alkanes) is 10. The minimum atomic E-state index is -0.614. The molecule has 0 amide bonds. The van der Waals surface area contributed by atoms with Crippen molar-refractivity contribution in [3.8, 4) is 0 Å². The Bertz CT molecular complexity index is 250. The third kappa shape index (κ3) is 10.8. The summed E-state index contributed by atoms with van der Waals surface area (Å²) in [5.74, 6) is -0.614. The van der Waals surface area contributed by atoms with Crippen molar-refractivity contribution < 1.29 is 9.90 Å². The van der Waals surface area contributed by atoms with E-state index >= 15 is 0 Å². The van der Waals surface area contributed by atoms with Crippen LogP contribution in [-0.2, 0) is 4.79 Å². The van der Waals surface area contributed by atoms with Crippen LogP contribution in [0.1, 0.15) is 111 Å². The van der Waals surface area contributed by atoms with Gasteiger partial charge in [0.2, 0.25) is 0 Å². The van der Waals surface area contributed by atoms with E-state index in [-0.39, 0.29) is 0 Å². The monoisotopic (exact) mass is 298 g/mol. The van der Waals surface area contributed by atoms with Crippen molar-refractivity contribution in [2.24, 2.45) is 5.41 Å². The predicted octanol–water partition coefficient (Wildman–Crippen LogP) is 6.58. The molecule has 2 nitrogen and oxygen atoms in total. The minimum absolute atomic E-state index is 0.492. The van der Waals surface area contributed by atoms with Gasteiger partial charge in [-0.1, -0.05) is 90.9 Å². The SMILES string of the molecule is CCCCCCCCCCCCCC(C)(CCC)C(=O)O. The molecule has 1 unspecified atom stereocenters. The van der Waals surface area contributed by atoms with Crippen molar-refractivity contribution in [1.82, 2.24) is 0 Å². The van der Waals surface area contributed by atoms with Gasteiger partial charge < -0.3 is 5.11 Å². The Kier molecular flexibility index (Phi) is 12.8. The van der Waals surface area contributed by atoms with Crippen LogP contribution in [0.4, 0.5) is 0 Å². The van der Waals surface area contributed by atoms with Gasteiger partial charge in [0.1, 0.15) is 0 Å². The smallest absolute Gasteiger partial charge is 0.309 e. The molecule has 0 fully saturated rings. The highest BCUT2D eigenvalue weighted by Gasteiger charge is 2.31. The van der Waals surface area contributed by atoms with Gasteiger partial charge in [0.05, 0.1) is 5.41 Å². The molecule has 0 radical (unpaired) electrons. The van der Waals surface area contributed by atoms with E-state index in [4.69, 9.17) is 0 Å². The summed E-state index contributed by atoms with van der Waals surface area (Å²) in [6, 6.07) is 0. The molecule has 0 rings (SSSR count). The summed E-state index contributed by atoms with van der Waals surface area (Å²) in [5.41, 5.74) is -0.492. The van der Waals surface area contributed by atoms with Crippen LogP contribution in [0.5, 0.6) is 0 Å². The summed E-state index contributed by atoms with van der Waals surface area (Å²) in [5, 5.41) is 9.32. The standard InChI is InChI=1S/C19H38O2/c1-4-6-7-8-9-10-11-12-13-14-15-17-19(3,16-5-2)18(20)21/h4-17H2,1-3H3,(H,20,21).